The molecule has 2 aromatic rings. The summed E-state index contributed by atoms with van der Waals surface area (Å²) in [6.07, 6.45) is 1.63. The molecule has 0 saturated carbocycles. The number of benzene rings is 1. The molecular weight excluding hydrogens is 223 g/mol. The first-order valence-electron chi connectivity index (χ1n) is 4.99. The van der Waals surface area contributed by atoms with E-state index in [0.717, 1.165) is 5.69 Å². The standard InChI is InChI=1S/C12H11FN2O2/c1-15-11(5-6-14-15)8-3-4-9(10(13)7-8)12(16)17-2/h3-7H,1-2H3. The molecule has 5 heteroatoms. The Kier molecular flexibility index (Phi) is 2.91. The van der Waals surface area contributed by atoms with E-state index in [9.17, 15) is 9.18 Å². The van der Waals surface area contributed by atoms with Crippen molar-refractivity contribution in [3.63, 3.8) is 0 Å². The van der Waals surface area contributed by atoms with Crippen molar-refractivity contribution in [2.24, 2.45) is 7.05 Å². The fourth-order valence-electron chi connectivity index (χ4n) is 1.61. The van der Waals surface area contributed by atoms with Crippen molar-refractivity contribution in [3.05, 3.63) is 41.8 Å². The van der Waals surface area contributed by atoms with Gasteiger partial charge >= 0.3 is 5.97 Å². The Morgan fingerprint density at radius 2 is 2.18 bits per heavy atom. The van der Waals surface area contributed by atoms with E-state index in [4.69, 9.17) is 0 Å². The monoisotopic (exact) mass is 234 g/mol. The molecular formula is C12H11FN2O2. The average Bonchev–Trinajstić information content (AvgIpc) is 2.74. The molecule has 1 heterocycles. The van der Waals surface area contributed by atoms with Crippen molar-refractivity contribution in [2.45, 2.75) is 0 Å². The number of carbonyl (C=O) groups is 1. The van der Waals surface area contributed by atoms with E-state index in [1.807, 2.05) is 0 Å². The summed E-state index contributed by atoms with van der Waals surface area (Å²) in [5.41, 5.74) is 1.37. The van der Waals surface area contributed by atoms with Crippen molar-refractivity contribution in [1.29, 1.82) is 0 Å². The van der Waals surface area contributed by atoms with Crippen LogP contribution in [0.2, 0.25) is 0 Å². The summed E-state index contributed by atoms with van der Waals surface area (Å²) in [5.74, 6) is -1.28. The van der Waals surface area contributed by atoms with Crippen LogP contribution in [0.3, 0.4) is 0 Å². The molecule has 4 nitrogen and oxygen atoms in total. The number of ether oxygens (including phenoxy) is 1. The molecule has 0 N–H and O–H groups in total. The van der Waals surface area contributed by atoms with Crippen LogP contribution in [0.1, 0.15) is 10.4 Å². The van der Waals surface area contributed by atoms with Gasteiger partial charge in [-0.25, -0.2) is 9.18 Å². The summed E-state index contributed by atoms with van der Waals surface area (Å²) >= 11 is 0. The van der Waals surface area contributed by atoms with Gasteiger partial charge in [0.2, 0.25) is 0 Å². The second kappa shape index (κ2) is 4.37. The van der Waals surface area contributed by atoms with Crippen LogP contribution in [-0.2, 0) is 11.8 Å². The Labute approximate surface area is 97.6 Å². The number of hydrogen-bond donors (Lipinski definition) is 0. The molecule has 0 amide bonds. The van der Waals surface area contributed by atoms with Crippen molar-refractivity contribution in [1.82, 2.24) is 9.78 Å². The quantitative estimate of drug-likeness (QED) is 0.746. The Bertz CT molecular complexity index is 563. The van der Waals surface area contributed by atoms with Gasteiger partial charge in [-0.3, -0.25) is 4.68 Å². The lowest BCUT2D eigenvalue weighted by Gasteiger charge is -2.05. The molecule has 0 aliphatic carbocycles. The molecule has 0 unspecified atom stereocenters. The smallest absolute Gasteiger partial charge is 0.340 e. The summed E-state index contributed by atoms with van der Waals surface area (Å²) in [6, 6.07) is 6.13. The first kappa shape index (κ1) is 11.3. The minimum Gasteiger partial charge on any atom is -0.465 e. The van der Waals surface area contributed by atoms with Crippen molar-refractivity contribution in [2.75, 3.05) is 7.11 Å². The molecule has 2 rings (SSSR count). The zero-order valence-electron chi connectivity index (χ0n) is 9.48. The predicted octanol–water partition coefficient (Wildman–Crippen LogP) is 2.01. The number of carbonyl (C=O) groups excluding carboxylic acids is 1. The third-order valence-electron chi connectivity index (χ3n) is 2.49. The first-order valence-corrected chi connectivity index (χ1v) is 4.99. The molecule has 0 spiro atoms. The molecule has 0 saturated heterocycles. The van der Waals surface area contributed by atoms with E-state index >= 15 is 0 Å². The minimum atomic E-state index is -0.681. The van der Waals surface area contributed by atoms with Crippen molar-refractivity contribution in [3.8, 4) is 11.3 Å². The summed E-state index contributed by atoms with van der Waals surface area (Å²) in [6.45, 7) is 0. The van der Waals surface area contributed by atoms with Gasteiger partial charge in [-0.15, -0.1) is 0 Å². The number of methoxy groups -OCH3 is 1. The van der Waals surface area contributed by atoms with Crippen LogP contribution in [0.4, 0.5) is 4.39 Å². The van der Waals surface area contributed by atoms with Gasteiger partial charge in [0, 0.05) is 18.8 Å². The van der Waals surface area contributed by atoms with E-state index < -0.39 is 11.8 Å². The number of nitrogens with zero attached hydrogens (tertiary/aromatic N) is 2. The average molecular weight is 234 g/mol. The van der Waals surface area contributed by atoms with Gasteiger partial charge in [-0.2, -0.15) is 5.10 Å². The van der Waals surface area contributed by atoms with E-state index in [-0.39, 0.29) is 5.56 Å². The third kappa shape index (κ3) is 2.04. The van der Waals surface area contributed by atoms with Crippen LogP contribution in [0.25, 0.3) is 11.3 Å². The molecule has 0 atom stereocenters. The summed E-state index contributed by atoms with van der Waals surface area (Å²) in [4.78, 5) is 11.2. The van der Waals surface area contributed by atoms with Gasteiger partial charge in [-0.1, -0.05) is 6.07 Å². The highest BCUT2D eigenvalue weighted by Crippen LogP contribution is 2.21. The number of hydrogen-bond acceptors (Lipinski definition) is 3. The second-order valence-electron chi connectivity index (χ2n) is 3.53. The Hall–Kier alpha value is -2.17. The molecule has 0 aliphatic rings. The number of halogens is 1. The topological polar surface area (TPSA) is 44.1 Å². The van der Waals surface area contributed by atoms with Crippen LogP contribution in [0, 0.1) is 5.82 Å². The van der Waals surface area contributed by atoms with Crippen LogP contribution in [-0.4, -0.2) is 22.9 Å². The summed E-state index contributed by atoms with van der Waals surface area (Å²) < 4.78 is 19.8. The Morgan fingerprint density at radius 3 is 2.71 bits per heavy atom. The molecule has 1 aromatic heterocycles. The van der Waals surface area contributed by atoms with Crippen LogP contribution in [0.5, 0.6) is 0 Å². The first-order chi connectivity index (χ1) is 8.13. The van der Waals surface area contributed by atoms with Crippen molar-refractivity contribution < 1.29 is 13.9 Å². The second-order valence-corrected chi connectivity index (χ2v) is 3.53. The maximum Gasteiger partial charge on any atom is 0.340 e. The number of rotatable bonds is 2. The highest BCUT2D eigenvalue weighted by atomic mass is 19.1. The molecule has 0 bridgehead atoms. The van der Waals surface area contributed by atoms with E-state index in [0.29, 0.717) is 5.56 Å². The molecule has 1 aromatic carbocycles. The Morgan fingerprint density at radius 1 is 1.41 bits per heavy atom. The maximum absolute atomic E-state index is 13.7. The summed E-state index contributed by atoms with van der Waals surface area (Å²) in [7, 11) is 2.98. The van der Waals surface area contributed by atoms with Gasteiger partial charge in [-0.05, 0) is 18.2 Å². The molecule has 88 valence electrons. The van der Waals surface area contributed by atoms with E-state index in [1.54, 1.807) is 30.1 Å². The lowest BCUT2D eigenvalue weighted by Crippen LogP contribution is -2.04. The number of aromatic nitrogens is 2. The highest BCUT2D eigenvalue weighted by Gasteiger charge is 2.13. The van der Waals surface area contributed by atoms with E-state index in [2.05, 4.69) is 9.84 Å². The molecule has 17 heavy (non-hydrogen) atoms. The lowest BCUT2D eigenvalue weighted by atomic mass is 10.1. The molecule has 0 radical (unpaired) electrons. The Balaban J connectivity index is 2.44. The fourth-order valence-corrected chi connectivity index (χ4v) is 1.61. The molecule has 0 aliphatic heterocycles. The zero-order chi connectivity index (χ0) is 12.4. The van der Waals surface area contributed by atoms with Crippen LogP contribution in [0.15, 0.2) is 30.5 Å². The highest BCUT2D eigenvalue weighted by molar-refractivity contribution is 5.90. The normalized spacial score (nSPS) is 10.3. The van der Waals surface area contributed by atoms with Gasteiger partial charge in [0.1, 0.15) is 5.82 Å². The van der Waals surface area contributed by atoms with Crippen LogP contribution < -0.4 is 0 Å². The lowest BCUT2D eigenvalue weighted by molar-refractivity contribution is 0.0595. The van der Waals surface area contributed by atoms with Gasteiger partial charge in [0.25, 0.3) is 0 Å². The van der Waals surface area contributed by atoms with Gasteiger partial charge in [0.15, 0.2) is 0 Å². The predicted molar refractivity (Wildman–Crippen MR) is 59.9 cm³/mol. The maximum atomic E-state index is 13.7. The largest absolute Gasteiger partial charge is 0.465 e. The minimum absolute atomic E-state index is 0.0709. The van der Waals surface area contributed by atoms with Crippen LogP contribution >= 0.6 is 0 Å². The van der Waals surface area contributed by atoms with Gasteiger partial charge < -0.3 is 4.74 Å². The number of aryl methyl sites for hydroxylation is 1. The summed E-state index contributed by atoms with van der Waals surface area (Å²) in [5, 5.41) is 4.00. The van der Waals surface area contributed by atoms with Gasteiger partial charge in [0.05, 0.1) is 18.4 Å². The fraction of sp³-hybridized carbons (Fsp3) is 0.167. The number of esters is 1. The SMILES string of the molecule is COC(=O)c1ccc(-c2ccnn2C)cc1F. The van der Waals surface area contributed by atoms with E-state index in [1.165, 1.54) is 19.2 Å². The third-order valence-corrected chi connectivity index (χ3v) is 2.49. The zero-order valence-corrected chi connectivity index (χ0v) is 9.48. The molecule has 0 fully saturated rings. The van der Waals surface area contributed by atoms with Crippen molar-refractivity contribution >= 4 is 5.97 Å².